The summed E-state index contributed by atoms with van der Waals surface area (Å²) in [6, 6.07) is 7.82. The van der Waals surface area contributed by atoms with E-state index in [9.17, 15) is 18.5 Å². The molecule has 1 aliphatic rings. The minimum Gasteiger partial charge on any atom is -0.322 e. The number of nitriles is 1. The normalized spacial score (nSPS) is 14.7. The van der Waals surface area contributed by atoms with Crippen LogP contribution in [-0.4, -0.2) is 39.0 Å². The molecule has 28 heavy (non-hydrogen) atoms. The number of fused-ring (bicyclic) bond motifs is 2. The van der Waals surface area contributed by atoms with Gasteiger partial charge in [0.15, 0.2) is 0 Å². The van der Waals surface area contributed by atoms with Crippen LogP contribution in [0.5, 0.6) is 0 Å². The summed E-state index contributed by atoms with van der Waals surface area (Å²) < 4.78 is 28.9. The zero-order chi connectivity index (χ0) is 19.9. The van der Waals surface area contributed by atoms with Crippen molar-refractivity contribution in [2.45, 2.75) is 26.4 Å². The highest BCUT2D eigenvalue weighted by molar-refractivity contribution is 7.89. The van der Waals surface area contributed by atoms with Gasteiger partial charge < -0.3 is 4.40 Å². The molecule has 0 spiro atoms. The Morgan fingerprint density at radius 2 is 2.14 bits per heavy atom. The lowest BCUT2D eigenvalue weighted by Crippen LogP contribution is -2.41. The molecule has 144 valence electrons. The third-order valence-corrected chi connectivity index (χ3v) is 6.96. The SMILES string of the molecule is CCS(=O)(=O)N1CCc2c(ncn(Cc3cn4ccccc4c3C#N)c2=O)C1. The molecule has 9 heteroatoms. The van der Waals surface area contributed by atoms with E-state index in [0.717, 1.165) is 11.1 Å². The van der Waals surface area contributed by atoms with E-state index < -0.39 is 10.0 Å². The molecule has 4 rings (SSSR count). The maximum Gasteiger partial charge on any atom is 0.257 e. The van der Waals surface area contributed by atoms with Crippen LogP contribution in [0.4, 0.5) is 0 Å². The van der Waals surface area contributed by atoms with Crippen molar-refractivity contribution >= 4 is 15.5 Å². The fraction of sp³-hybridized carbons (Fsp3) is 0.316. The minimum absolute atomic E-state index is 0.0263. The molecule has 3 aromatic rings. The summed E-state index contributed by atoms with van der Waals surface area (Å²) in [5.41, 5.74) is 2.94. The summed E-state index contributed by atoms with van der Waals surface area (Å²) in [5, 5.41) is 9.54. The number of hydrogen-bond acceptors (Lipinski definition) is 5. The number of sulfonamides is 1. The van der Waals surface area contributed by atoms with Gasteiger partial charge in [0, 0.05) is 30.1 Å². The second kappa shape index (κ2) is 6.89. The van der Waals surface area contributed by atoms with E-state index in [1.54, 1.807) is 6.92 Å². The molecule has 0 N–H and O–H groups in total. The molecule has 3 aromatic heterocycles. The van der Waals surface area contributed by atoms with Crippen LogP contribution in [0.3, 0.4) is 0 Å². The van der Waals surface area contributed by atoms with E-state index in [2.05, 4.69) is 11.1 Å². The van der Waals surface area contributed by atoms with E-state index in [4.69, 9.17) is 0 Å². The predicted molar refractivity (Wildman–Crippen MR) is 103 cm³/mol. The summed E-state index contributed by atoms with van der Waals surface area (Å²) in [4.78, 5) is 17.3. The second-order valence-corrected chi connectivity index (χ2v) is 8.98. The van der Waals surface area contributed by atoms with E-state index >= 15 is 0 Å². The Labute approximate surface area is 162 Å². The quantitative estimate of drug-likeness (QED) is 0.657. The Morgan fingerprint density at radius 1 is 1.32 bits per heavy atom. The molecule has 0 aromatic carbocycles. The molecule has 8 nitrogen and oxygen atoms in total. The zero-order valence-electron chi connectivity index (χ0n) is 15.4. The number of pyridine rings is 1. The van der Waals surface area contributed by atoms with Gasteiger partial charge >= 0.3 is 0 Å². The van der Waals surface area contributed by atoms with Crippen molar-refractivity contribution in [2.24, 2.45) is 0 Å². The summed E-state index contributed by atoms with van der Waals surface area (Å²) in [5.74, 6) is 0.0263. The number of nitrogens with zero attached hydrogens (tertiary/aromatic N) is 5. The van der Waals surface area contributed by atoms with Crippen LogP contribution in [0, 0.1) is 11.3 Å². The van der Waals surface area contributed by atoms with Crippen molar-refractivity contribution in [3.63, 3.8) is 0 Å². The first-order valence-electron chi connectivity index (χ1n) is 8.98. The molecule has 0 bridgehead atoms. The average Bonchev–Trinajstić information content (AvgIpc) is 3.06. The van der Waals surface area contributed by atoms with Gasteiger partial charge in [-0.2, -0.15) is 9.57 Å². The summed E-state index contributed by atoms with van der Waals surface area (Å²) in [6.07, 6.45) is 5.47. The standard InChI is InChI=1S/C19H19N5O3S/c1-2-28(26,27)24-8-6-15-17(12-24)21-13-23(19(15)25)11-14-10-22-7-4-3-5-18(22)16(14)9-20/h3-5,7,10,13H,2,6,8,11-12H2,1H3. The molecular weight excluding hydrogens is 378 g/mol. The van der Waals surface area contributed by atoms with Gasteiger partial charge in [0.1, 0.15) is 6.07 Å². The Bertz CT molecular complexity index is 1270. The minimum atomic E-state index is -3.31. The monoisotopic (exact) mass is 397 g/mol. The van der Waals surface area contributed by atoms with E-state index in [1.807, 2.05) is 35.0 Å². The molecule has 0 unspecified atom stereocenters. The highest BCUT2D eigenvalue weighted by Gasteiger charge is 2.28. The van der Waals surface area contributed by atoms with Crippen molar-refractivity contribution in [1.29, 1.82) is 5.26 Å². The second-order valence-electron chi connectivity index (χ2n) is 6.72. The smallest absolute Gasteiger partial charge is 0.257 e. The molecule has 0 radical (unpaired) electrons. The maximum absolute atomic E-state index is 12.9. The van der Waals surface area contributed by atoms with Gasteiger partial charge in [0.25, 0.3) is 5.56 Å². The molecule has 0 saturated carbocycles. The maximum atomic E-state index is 12.9. The van der Waals surface area contributed by atoms with Gasteiger partial charge in [-0.1, -0.05) is 6.07 Å². The molecule has 1 aliphatic heterocycles. The van der Waals surface area contributed by atoms with Crippen LogP contribution in [0.1, 0.15) is 29.3 Å². The van der Waals surface area contributed by atoms with Crippen LogP contribution in [0.2, 0.25) is 0 Å². The Balaban J connectivity index is 1.69. The van der Waals surface area contributed by atoms with Crippen LogP contribution >= 0.6 is 0 Å². The van der Waals surface area contributed by atoms with Crippen molar-refractivity contribution in [3.05, 3.63) is 69.7 Å². The highest BCUT2D eigenvalue weighted by atomic mass is 32.2. The first-order valence-corrected chi connectivity index (χ1v) is 10.6. The van der Waals surface area contributed by atoms with Gasteiger partial charge in [0.2, 0.25) is 10.0 Å². The molecule has 0 aliphatic carbocycles. The molecule has 4 heterocycles. The van der Waals surface area contributed by atoms with Crippen molar-refractivity contribution in [2.75, 3.05) is 12.3 Å². The first-order chi connectivity index (χ1) is 13.4. The summed E-state index contributed by atoms with van der Waals surface area (Å²) >= 11 is 0. The van der Waals surface area contributed by atoms with Crippen molar-refractivity contribution in [3.8, 4) is 6.07 Å². The van der Waals surface area contributed by atoms with Crippen LogP contribution in [0.25, 0.3) is 5.52 Å². The first kappa shape index (κ1) is 18.4. The lowest BCUT2D eigenvalue weighted by molar-refractivity contribution is 0.382. The molecule has 0 atom stereocenters. The summed E-state index contributed by atoms with van der Waals surface area (Å²) in [7, 11) is -3.31. The van der Waals surface area contributed by atoms with E-state index in [-0.39, 0.29) is 30.9 Å². The third kappa shape index (κ3) is 3.00. The van der Waals surface area contributed by atoms with E-state index in [1.165, 1.54) is 15.2 Å². The average molecular weight is 397 g/mol. The van der Waals surface area contributed by atoms with Gasteiger partial charge in [-0.15, -0.1) is 0 Å². The molecule has 0 saturated heterocycles. The Morgan fingerprint density at radius 3 is 2.89 bits per heavy atom. The lowest BCUT2D eigenvalue weighted by atomic mass is 10.1. The third-order valence-electron chi connectivity index (χ3n) is 5.13. The topological polar surface area (TPSA) is 100 Å². The number of rotatable bonds is 4. The fourth-order valence-corrected chi connectivity index (χ4v) is 4.63. The lowest BCUT2D eigenvalue weighted by Gasteiger charge is -2.26. The van der Waals surface area contributed by atoms with Crippen molar-refractivity contribution < 1.29 is 8.42 Å². The van der Waals surface area contributed by atoms with Crippen molar-refractivity contribution in [1.82, 2.24) is 18.3 Å². The highest BCUT2D eigenvalue weighted by Crippen LogP contribution is 2.20. The Kier molecular flexibility index (Phi) is 4.53. The van der Waals surface area contributed by atoms with Crippen LogP contribution in [-0.2, 0) is 29.5 Å². The fourth-order valence-electron chi connectivity index (χ4n) is 3.58. The van der Waals surface area contributed by atoms with Gasteiger partial charge in [-0.3, -0.25) is 9.36 Å². The largest absolute Gasteiger partial charge is 0.322 e. The zero-order valence-corrected chi connectivity index (χ0v) is 16.2. The van der Waals surface area contributed by atoms with Gasteiger partial charge in [0.05, 0.1) is 41.9 Å². The van der Waals surface area contributed by atoms with Crippen LogP contribution in [0.15, 0.2) is 41.7 Å². The predicted octanol–water partition coefficient (Wildman–Crippen LogP) is 1.12. The molecule has 0 amide bonds. The van der Waals surface area contributed by atoms with Gasteiger partial charge in [-0.05, 0) is 25.5 Å². The Hall–Kier alpha value is -2.96. The molecular formula is C19H19N5O3S. The summed E-state index contributed by atoms with van der Waals surface area (Å²) in [6.45, 7) is 2.25. The molecule has 0 fully saturated rings. The number of aromatic nitrogens is 3. The van der Waals surface area contributed by atoms with Gasteiger partial charge in [-0.25, -0.2) is 13.4 Å². The van der Waals surface area contributed by atoms with Crippen LogP contribution < -0.4 is 5.56 Å². The van der Waals surface area contributed by atoms with E-state index in [0.29, 0.717) is 23.2 Å². The number of hydrogen-bond donors (Lipinski definition) is 0.